The Hall–Kier alpha value is -4.02. The third kappa shape index (κ3) is 4.51. The van der Waals surface area contributed by atoms with Crippen LogP contribution in [0.25, 0.3) is 5.78 Å². The first-order chi connectivity index (χ1) is 15.2. The molecule has 2 aromatic carbocycles. The molecule has 4 aromatic rings. The lowest BCUT2D eigenvalue weighted by Gasteiger charge is -2.18. The molecule has 0 fully saturated rings. The highest BCUT2D eigenvalue weighted by atomic mass is 19.4. The number of alkyl halides is 3. The lowest BCUT2D eigenvalue weighted by molar-refractivity contribution is -0.141. The van der Waals surface area contributed by atoms with E-state index in [2.05, 4.69) is 25.7 Å². The molecular formula is C21H16F4N6O. The molecule has 0 aliphatic heterocycles. The summed E-state index contributed by atoms with van der Waals surface area (Å²) in [6, 6.07) is 12.4. The number of aromatic nitrogens is 4. The average molecular weight is 444 g/mol. The summed E-state index contributed by atoms with van der Waals surface area (Å²) in [7, 11) is 0. The molecule has 0 bridgehead atoms. The van der Waals surface area contributed by atoms with Gasteiger partial charge in [-0.05, 0) is 48.9 Å². The molecule has 0 aliphatic carbocycles. The molecule has 164 valence electrons. The monoisotopic (exact) mass is 444 g/mol. The van der Waals surface area contributed by atoms with E-state index < -0.39 is 29.6 Å². The van der Waals surface area contributed by atoms with Gasteiger partial charge in [0, 0.05) is 23.4 Å². The van der Waals surface area contributed by atoms with Crippen molar-refractivity contribution in [1.82, 2.24) is 19.6 Å². The second-order valence-corrected chi connectivity index (χ2v) is 6.95. The zero-order valence-electron chi connectivity index (χ0n) is 16.6. The second-order valence-electron chi connectivity index (χ2n) is 6.95. The molecule has 0 radical (unpaired) electrons. The maximum Gasteiger partial charge on any atom is 0.433 e. The van der Waals surface area contributed by atoms with Crippen molar-refractivity contribution in [2.24, 2.45) is 0 Å². The van der Waals surface area contributed by atoms with Gasteiger partial charge in [0.15, 0.2) is 5.69 Å². The van der Waals surface area contributed by atoms with Gasteiger partial charge in [-0.1, -0.05) is 12.1 Å². The van der Waals surface area contributed by atoms with Gasteiger partial charge in [-0.3, -0.25) is 4.79 Å². The number of amides is 1. The fraction of sp³-hybridized carbons (Fsp3) is 0.143. The number of benzene rings is 2. The Kier molecular flexibility index (Phi) is 5.47. The molecule has 1 amide bonds. The van der Waals surface area contributed by atoms with Gasteiger partial charge in [-0.2, -0.15) is 27.8 Å². The van der Waals surface area contributed by atoms with E-state index in [1.165, 1.54) is 28.8 Å². The number of hydrogen-bond acceptors (Lipinski definition) is 5. The predicted octanol–water partition coefficient (Wildman–Crippen LogP) is 4.71. The largest absolute Gasteiger partial charge is 0.433 e. The molecule has 2 aromatic heterocycles. The summed E-state index contributed by atoms with van der Waals surface area (Å²) in [5.74, 6) is -0.921. The fourth-order valence-electron chi connectivity index (χ4n) is 3.03. The van der Waals surface area contributed by atoms with Crippen LogP contribution in [0.2, 0.25) is 0 Å². The summed E-state index contributed by atoms with van der Waals surface area (Å²) in [6.45, 7) is 1.77. The highest BCUT2D eigenvalue weighted by Crippen LogP contribution is 2.30. The van der Waals surface area contributed by atoms with Crippen molar-refractivity contribution in [3.63, 3.8) is 0 Å². The number of carbonyl (C=O) groups excluding carboxylic acids is 1. The van der Waals surface area contributed by atoms with Gasteiger partial charge in [0.05, 0.1) is 0 Å². The standard InChI is InChI=1S/C21H16F4N6O/c1-12(28-18-10-17(21(23,24)25)30-20-26-11-27-31(18)20)13-4-8-16(9-5-13)29-19(32)14-2-6-15(22)7-3-14/h2-12,28H,1H3,(H,29,32)/t12-/m1/s1. The summed E-state index contributed by atoms with van der Waals surface area (Å²) in [4.78, 5) is 19.5. The summed E-state index contributed by atoms with van der Waals surface area (Å²) < 4.78 is 53.6. The third-order valence-corrected chi connectivity index (χ3v) is 4.68. The molecule has 7 nitrogen and oxygen atoms in total. The van der Waals surface area contributed by atoms with Gasteiger partial charge < -0.3 is 10.6 Å². The molecule has 0 spiro atoms. The van der Waals surface area contributed by atoms with Crippen molar-refractivity contribution in [2.45, 2.75) is 19.1 Å². The highest BCUT2D eigenvalue weighted by molar-refractivity contribution is 6.04. The Labute approximate surface area is 179 Å². The van der Waals surface area contributed by atoms with Crippen LogP contribution in [0.3, 0.4) is 0 Å². The van der Waals surface area contributed by atoms with E-state index in [1.54, 1.807) is 31.2 Å². The van der Waals surface area contributed by atoms with Crippen molar-refractivity contribution < 1.29 is 22.4 Å². The van der Waals surface area contributed by atoms with Gasteiger partial charge in [-0.25, -0.2) is 9.37 Å². The molecule has 2 heterocycles. The SMILES string of the molecule is C[C@@H](Nc1cc(C(F)(F)F)nc2ncnn12)c1ccc(NC(=O)c2ccc(F)cc2)cc1. The molecule has 2 N–H and O–H groups in total. The highest BCUT2D eigenvalue weighted by Gasteiger charge is 2.34. The van der Waals surface area contributed by atoms with Crippen LogP contribution in [0.1, 0.15) is 34.6 Å². The molecule has 11 heteroatoms. The normalized spacial score (nSPS) is 12.5. The minimum absolute atomic E-state index is 0.0843. The van der Waals surface area contributed by atoms with Crippen molar-refractivity contribution in [3.8, 4) is 0 Å². The van der Waals surface area contributed by atoms with Crippen LogP contribution in [0.15, 0.2) is 60.9 Å². The molecule has 0 unspecified atom stereocenters. The van der Waals surface area contributed by atoms with E-state index in [4.69, 9.17) is 0 Å². The number of nitrogens with one attached hydrogen (secondary N) is 2. The maximum absolute atomic E-state index is 13.2. The number of fused-ring (bicyclic) bond motifs is 1. The van der Waals surface area contributed by atoms with E-state index in [-0.39, 0.29) is 11.6 Å². The molecule has 0 aliphatic rings. The number of carbonyl (C=O) groups is 1. The van der Waals surface area contributed by atoms with Crippen LogP contribution in [0.5, 0.6) is 0 Å². The van der Waals surface area contributed by atoms with Gasteiger partial charge >= 0.3 is 6.18 Å². The molecule has 0 saturated carbocycles. The van der Waals surface area contributed by atoms with Crippen LogP contribution in [-0.2, 0) is 6.18 Å². The van der Waals surface area contributed by atoms with E-state index in [0.717, 1.165) is 18.0 Å². The Morgan fingerprint density at radius 1 is 1.06 bits per heavy atom. The van der Waals surface area contributed by atoms with Crippen molar-refractivity contribution >= 4 is 23.2 Å². The van der Waals surface area contributed by atoms with Crippen molar-refractivity contribution in [3.05, 3.63) is 83.6 Å². The van der Waals surface area contributed by atoms with Crippen LogP contribution in [-0.4, -0.2) is 25.5 Å². The van der Waals surface area contributed by atoms with E-state index in [0.29, 0.717) is 11.3 Å². The second kappa shape index (κ2) is 8.25. The van der Waals surface area contributed by atoms with Crippen LogP contribution < -0.4 is 10.6 Å². The van der Waals surface area contributed by atoms with E-state index in [1.807, 2.05) is 0 Å². The molecule has 32 heavy (non-hydrogen) atoms. The van der Waals surface area contributed by atoms with Gasteiger partial charge in [-0.15, -0.1) is 0 Å². The first kappa shape index (κ1) is 21.2. The number of nitrogens with zero attached hydrogens (tertiary/aromatic N) is 4. The average Bonchev–Trinajstić information content (AvgIpc) is 3.23. The number of hydrogen-bond donors (Lipinski definition) is 2. The number of rotatable bonds is 5. The maximum atomic E-state index is 13.2. The van der Waals surface area contributed by atoms with Crippen LogP contribution in [0, 0.1) is 5.82 Å². The Bertz CT molecular complexity index is 1250. The van der Waals surface area contributed by atoms with Crippen LogP contribution in [0.4, 0.5) is 29.1 Å². The van der Waals surface area contributed by atoms with Crippen molar-refractivity contribution in [1.29, 1.82) is 0 Å². The minimum atomic E-state index is -4.63. The number of halogens is 4. The molecule has 0 saturated heterocycles. The zero-order chi connectivity index (χ0) is 22.9. The Morgan fingerprint density at radius 3 is 2.41 bits per heavy atom. The molecular weight excluding hydrogens is 428 g/mol. The first-order valence-electron chi connectivity index (χ1n) is 9.42. The number of anilines is 2. The quantitative estimate of drug-likeness (QED) is 0.436. The summed E-state index contributed by atoms with van der Waals surface area (Å²) in [5, 5.41) is 9.60. The van der Waals surface area contributed by atoms with Gasteiger partial charge in [0.1, 0.15) is 18.0 Å². The summed E-state index contributed by atoms with van der Waals surface area (Å²) in [5.41, 5.74) is 0.493. The first-order valence-corrected chi connectivity index (χ1v) is 9.42. The minimum Gasteiger partial charge on any atom is -0.363 e. The topological polar surface area (TPSA) is 84.2 Å². The smallest absolute Gasteiger partial charge is 0.363 e. The zero-order valence-corrected chi connectivity index (χ0v) is 16.6. The van der Waals surface area contributed by atoms with E-state index >= 15 is 0 Å². The Balaban J connectivity index is 1.50. The predicted molar refractivity (Wildman–Crippen MR) is 109 cm³/mol. The lowest BCUT2D eigenvalue weighted by Crippen LogP contribution is -2.15. The fourth-order valence-corrected chi connectivity index (χ4v) is 3.03. The third-order valence-electron chi connectivity index (χ3n) is 4.68. The van der Waals surface area contributed by atoms with E-state index in [9.17, 15) is 22.4 Å². The Morgan fingerprint density at radius 2 is 1.75 bits per heavy atom. The van der Waals surface area contributed by atoms with Gasteiger partial charge in [0.2, 0.25) is 0 Å². The van der Waals surface area contributed by atoms with Crippen LogP contribution >= 0.6 is 0 Å². The molecule has 4 rings (SSSR count). The summed E-state index contributed by atoms with van der Waals surface area (Å²) >= 11 is 0. The summed E-state index contributed by atoms with van der Waals surface area (Å²) in [6.07, 6.45) is -3.51. The lowest BCUT2D eigenvalue weighted by atomic mass is 10.1. The van der Waals surface area contributed by atoms with Crippen molar-refractivity contribution in [2.75, 3.05) is 10.6 Å². The van der Waals surface area contributed by atoms with Gasteiger partial charge in [0.25, 0.3) is 11.7 Å². The molecule has 1 atom stereocenters.